The van der Waals surface area contributed by atoms with E-state index in [1.165, 1.54) is 44.1 Å². The average Bonchev–Trinajstić information content (AvgIpc) is 3.26. The number of ketones is 1. The predicted octanol–water partition coefficient (Wildman–Crippen LogP) is 10.1. The molecule has 3 fully saturated rings. The molecule has 2 N–H and O–H groups in total. The third-order valence-electron chi connectivity index (χ3n) is 13.0. The molecular formula is C40H61ClN2O3. The average molecular weight is 653 g/mol. The van der Waals surface area contributed by atoms with Crippen LogP contribution in [0.25, 0.3) is 0 Å². The van der Waals surface area contributed by atoms with Gasteiger partial charge in [-0.3, -0.25) is 4.79 Å². The Morgan fingerprint density at radius 3 is 2.33 bits per heavy atom. The number of carbonyl (C=O) groups is 2. The molecule has 0 aliphatic heterocycles. The second-order valence-corrected chi connectivity index (χ2v) is 17.8. The van der Waals surface area contributed by atoms with Gasteiger partial charge in [-0.25, -0.2) is 4.79 Å². The number of benzene rings is 1. The molecular weight excluding hydrogens is 592 g/mol. The number of hydrogen-bond donors (Lipinski definition) is 1. The van der Waals surface area contributed by atoms with Crippen LogP contribution in [0.2, 0.25) is 5.02 Å². The van der Waals surface area contributed by atoms with Crippen molar-refractivity contribution in [1.29, 1.82) is 0 Å². The van der Waals surface area contributed by atoms with Crippen molar-refractivity contribution in [1.82, 2.24) is 4.90 Å². The Balaban J connectivity index is 1.48. The van der Waals surface area contributed by atoms with E-state index in [0.717, 1.165) is 36.8 Å². The van der Waals surface area contributed by atoms with E-state index in [1.807, 2.05) is 49.9 Å². The van der Waals surface area contributed by atoms with Gasteiger partial charge in [-0.05, 0) is 130 Å². The summed E-state index contributed by atoms with van der Waals surface area (Å²) in [5, 5.41) is 0.678. The molecule has 6 heteroatoms. The van der Waals surface area contributed by atoms with Crippen LogP contribution in [0, 0.1) is 39.9 Å². The smallest absolute Gasteiger partial charge is 0.410 e. The first kappa shape index (κ1) is 35.5. The minimum Gasteiger partial charge on any atom is -0.444 e. The van der Waals surface area contributed by atoms with Gasteiger partial charge in [-0.2, -0.15) is 0 Å². The van der Waals surface area contributed by atoms with Gasteiger partial charge in [0.15, 0.2) is 5.78 Å². The van der Waals surface area contributed by atoms with Gasteiger partial charge in [0, 0.05) is 36.0 Å². The predicted molar refractivity (Wildman–Crippen MR) is 189 cm³/mol. The van der Waals surface area contributed by atoms with E-state index in [1.54, 1.807) is 0 Å². The van der Waals surface area contributed by atoms with Gasteiger partial charge in [0.1, 0.15) is 5.60 Å². The number of carbonyl (C=O) groups excluding carboxylic acids is 2. The Morgan fingerprint density at radius 1 is 1.02 bits per heavy atom. The fourth-order valence-electron chi connectivity index (χ4n) is 10.7. The molecule has 0 bridgehead atoms. The molecule has 0 aromatic heterocycles. The SMILES string of the molecule is CC(C)C1=C2C3CCC4C(C)(C(C)N)CCCCCC4(C)C3CCC2(CCN(Cc2ccc(Cl)cc2)C(=O)OC(C)(C)C)CC1=O. The quantitative estimate of drug-likeness (QED) is 0.318. The summed E-state index contributed by atoms with van der Waals surface area (Å²) in [7, 11) is 0. The Bertz CT molecular complexity index is 1310. The number of rotatable bonds is 7. The lowest BCUT2D eigenvalue weighted by molar-refractivity contribution is -0.117. The van der Waals surface area contributed by atoms with Gasteiger partial charge in [0.25, 0.3) is 0 Å². The van der Waals surface area contributed by atoms with Gasteiger partial charge in [-0.1, -0.05) is 76.3 Å². The van der Waals surface area contributed by atoms with Crippen molar-refractivity contribution in [3.05, 3.63) is 46.0 Å². The molecule has 7 atom stereocenters. The Morgan fingerprint density at radius 2 is 1.70 bits per heavy atom. The van der Waals surface area contributed by atoms with E-state index in [4.69, 9.17) is 22.1 Å². The van der Waals surface area contributed by atoms with Gasteiger partial charge in [-0.15, -0.1) is 0 Å². The molecule has 1 aromatic carbocycles. The minimum absolute atomic E-state index is 0.144. The molecule has 0 spiro atoms. The number of Topliss-reactive ketones (excluding diaryl/α,β-unsaturated/α-hetero) is 1. The van der Waals surface area contributed by atoms with E-state index in [-0.39, 0.29) is 34.3 Å². The molecule has 1 amide bonds. The van der Waals surface area contributed by atoms with Crippen LogP contribution in [-0.2, 0) is 16.1 Å². The van der Waals surface area contributed by atoms with Crippen LogP contribution in [-0.4, -0.2) is 35.0 Å². The van der Waals surface area contributed by atoms with Gasteiger partial charge in [0.2, 0.25) is 0 Å². The van der Waals surface area contributed by atoms with Crippen molar-refractivity contribution in [2.24, 2.45) is 45.7 Å². The highest BCUT2D eigenvalue weighted by Crippen LogP contribution is 2.68. The Labute approximate surface area is 284 Å². The molecule has 3 saturated carbocycles. The molecule has 4 aliphatic rings. The molecule has 46 heavy (non-hydrogen) atoms. The molecule has 0 heterocycles. The maximum Gasteiger partial charge on any atom is 0.410 e. The zero-order valence-corrected chi connectivity index (χ0v) is 30.8. The Hall–Kier alpha value is -1.85. The van der Waals surface area contributed by atoms with Crippen LogP contribution >= 0.6 is 11.6 Å². The normalized spacial score (nSPS) is 33.9. The number of amides is 1. The van der Waals surface area contributed by atoms with Crippen LogP contribution in [0.1, 0.15) is 132 Å². The van der Waals surface area contributed by atoms with Crippen LogP contribution in [0.5, 0.6) is 0 Å². The summed E-state index contributed by atoms with van der Waals surface area (Å²) in [5.74, 6) is 2.16. The van der Waals surface area contributed by atoms with Crippen molar-refractivity contribution < 1.29 is 14.3 Å². The number of nitrogens with two attached hydrogens (primary N) is 1. The largest absolute Gasteiger partial charge is 0.444 e. The molecule has 7 unspecified atom stereocenters. The van der Waals surface area contributed by atoms with Gasteiger partial charge >= 0.3 is 6.09 Å². The van der Waals surface area contributed by atoms with Crippen LogP contribution in [0.3, 0.4) is 0 Å². The maximum atomic E-state index is 14.0. The summed E-state index contributed by atoms with van der Waals surface area (Å²) in [6.07, 6.45) is 11.9. The third kappa shape index (κ3) is 6.71. The number of hydrogen-bond acceptors (Lipinski definition) is 4. The molecule has 0 saturated heterocycles. The number of fused-ring (bicyclic) bond motifs is 5. The second-order valence-electron chi connectivity index (χ2n) is 17.4. The molecule has 5 nitrogen and oxygen atoms in total. The van der Waals surface area contributed by atoms with Crippen LogP contribution < -0.4 is 5.73 Å². The molecule has 0 radical (unpaired) electrons. The van der Waals surface area contributed by atoms with Crippen LogP contribution in [0.4, 0.5) is 4.79 Å². The van der Waals surface area contributed by atoms with Gasteiger partial charge in [0.05, 0.1) is 0 Å². The molecule has 1 aromatic rings. The van der Waals surface area contributed by atoms with E-state index in [0.29, 0.717) is 48.1 Å². The number of allylic oxidation sites excluding steroid dienone is 2. The van der Waals surface area contributed by atoms with Crippen molar-refractivity contribution in [3.63, 3.8) is 0 Å². The van der Waals surface area contributed by atoms with Crippen molar-refractivity contribution in [2.45, 2.75) is 144 Å². The zero-order valence-electron chi connectivity index (χ0n) is 30.0. The Kier molecular flexibility index (Phi) is 10.2. The first-order chi connectivity index (χ1) is 21.5. The fourth-order valence-corrected chi connectivity index (χ4v) is 10.8. The second kappa shape index (κ2) is 13.2. The number of halogens is 1. The maximum absolute atomic E-state index is 14.0. The highest BCUT2D eigenvalue weighted by molar-refractivity contribution is 6.30. The first-order valence-corrected chi connectivity index (χ1v) is 18.6. The lowest BCUT2D eigenvalue weighted by atomic mass is 9.42. The summed E-state index contributed by atoms with van der Waals surface area (Å²) >= 11 is 6.18. The third-order valence-corrected chi connectivity index (χ3v) is 13.3. The van der Waals surface area contributed by atoms with E-state index >= 15 is 0 Å². The summed E-state index contributed by atoms with van der Waals surface area (Å²) in [4.78, 5) is 29.5. The lowest BCUT2D eigenvalue weighted by Gasteiger charge is -2.62. The molecule has 5 rings (SSSR count). The monoisotopic (exact) mass is 652 g/mol. The molecule has 4 aliphatic carbocycles. The van der Waals surface area contributed by atoms with Crippen LogP contribution in [0.15, 0.2) is 35.4 Å². The summed E-state index contributed by atoms with van der Waals surface area (Å²) in [5.41, 5.74) is 10.0. The van der Waals surface area contributed by atoms with Gasteiger partial charge < -0.3 is 15.4 Å². The highest BCUT2D eigenvalue weighted by atomic mass is 35.5. The minimum atomic E-state index is -0.591. The topological polar surface area (TPSA) is 72.6 Å². The van der Waals surface area contributed by atoms with E-state index in [2.05, 4.69) is 34.6 Å². The van der Waals surface area contributed by atoms with Crippen molar-refractivity contribution >= 4 is 23.5 Å². The van der Waals surface area contributed by atoms with Crippen molar-refractivity contribution in [2.75, 3.05) is 6.54 Å². The highest BCUT2D eigenvalue weighted by Gasteiger charge is 2.61. The lowest BCUT2D eigenvalue weighted by Crippen LogP contribution is -2.57. The zero-order chi connectivity index (χ0) is 33.7. The van der Waals surface area contributed by atoms with E-state index < -0.39 is 5.60 Å². The first-order valence-electron chi connectivity index (χ1n) is 18.3. The summed E-state index contributed by atoms with van der Waals surface area (Å²) < 4.78 is 5.92. The fraction of sp³-hybridized carbons (Fsp3) is 0.750. The van der Waals surface area contributed by atoms with Crippen molar-refractivity contribution in [3.8, 4) is 0 Å². The van der Waals surface area contributed by atoms with E-state index in [9.17, 15) is 9.59 Å². The summed E-state index contributed by atoms with van der Waals surface area (Å²) in [6.45, 7) is 18.5. The summed E-state index contributed by atoms with van der Waals surface area (Å²) in [6, 6.07) is 7.88. The number of nitrogens with zero attached hydrogens (tertiary/aromatic N) is 1. The standard InChI is InChI=1S/C40H61ClN2O3/c1-26(2)34-32(44)24-40(22-23-43(36(45)46-37(4,5)6)25-28-12-14-29(41)15-13-28)21-18-31-30(35(34)40)16-17-33-38(7,27(3)42)19-10-9-11-20-39(31,33)8/h12-15,26-27,30-31,33H,9-11,16-25,42H2,1-8H3. The number of ether oxygens (including phenoxy) is 1. The molecule has 256 valence electrons.